The maximum atomic E-state index is 13.7. The van der Waals surface area contributed by atoms with Gasteiger partial charge < -0.3 is 35.3 Å². The quantitative estimate of drug-likeness (QED) is 0.0902. The number of carbonyl (C=O) groups is 2. The molecule has 2 heterocycles. The molecule has 4 aromatic carbocycles. The number of phenolic OH excluding ortho intramolecular Hbond substituents is 1. The molecule has 1 aliphatic heterocycles. The summed E-state index contributed by atoms with van der Waals surface area (Å²) >= 11 is 6.58. The van der Waals surface area contributed by atoms with Crippen molar-refractivity contribution in [3.63, 3.8) is 0 Å². The summed E-state index contributed by atoms with van der Waals surface area (Å²) < 4.78 is 11.3. The standard InChI is InChI=1S/C40H41ClN5O7/c1-52-36-23-32(31(41)22-27(36)24-42-25-35(48)29-14-16-34(47)39-30(29)15-17-37(49)44-39)43-38(50)18-21-53-40(51)46(45-19-8-3-9-20-45)33-13-7-6-12-28(33)26-10-4-2-5-11-26/h2-7,10-17,22-23,35,42,47-48H,8-9,18-21,24-25H2,1H3,(H,43,50)(H,44,49)/t35-/m1/s1. The fourth-order valence-electron chi connectivity index (χ4n) is 6.35. The number of hydrogen-bond donors (Lipinski definition) is 5. The molecule has 1 atom stereocenters. The number of aromatic nitrogens is 1. The molecule has 12 nitrogen and oxygen atoms in total. The summed E-state index contributed by atoms with van der Waals surface area (Å²) in [5.41, 5.74) is 3.99. The van der Waals surface area contributed by atoms with Crippen molar-refractivity contribution in [1.82, 2.24) is 15.3 Å². The molecule has 1 radical (unpaired) electrons. The molecule has 1 fully saturated rings. The summed E-state index contributed by atoms with van der Waals surface area (Å²) in [6, 6.07) is 26.7. The number of aromatic amines is 1. The number of aliphatic hydroxyl groups excluding tert-OH is 1. The number of fused-ring (bicyclic) bond motifs is 1. The van der Waals surface area contributed by atoms with E-state index >= 15 is 0 Å². The summed E-state index contributed by atoms with van der Waals surface area (Å²) in [5.74, 6) is -0.0346. The van der Waals surface area contributed by atoms with Crippen LogP contribution in [0.3, 0.4) is 0 Å². The van der Waals surface area contributed by atoms with E-state index in [0.29, 0.717) is 46.7 Å². The number of nitrogens with one attached hydrogen (secondary N) is 3. The van der Waals surface area contributed by atoms with Crippen LogP contribution in [0.5, 0.6) is 11.5 Å². The monoisotopic (exact) mass is 738 g/mol. The molecular weight excluding hydrogens is 698 g/mol. The topological polar surface area (TPSA) is 156 Å². The van der Waals surface area contributed by atoms with E-state index in [1.165, 1.54) is 19.2 Å². The van der Waals surface area contributed by atoms with Gasteiger partial charge in [0, 0.05) is 54.8 Å². The number of benzene rings is 4. The van der Waals surface area contributed by atoms with Crippen molar-refractivity contribution in [3.8, 4) is 22.6 Å². The normalized spacial score (nSPS) is 13.7. The third-order valence-electron chi connectivity index (χ3n) is 8.97. The van der Waals surface area contributed by atoms with Gasteiger partial charge in [0.05, 0.1) is 41.5 Å². The summed E-state index contributed by atoms with van der Waals surface area (Å²) in [5, 5.41) is 31.4. The number of methoxy groups -OCH3 is 1. The number of halogens is 1. The van der Waals surface area contributed by atoms with Gasteiger partial charge in [0.15, 0.2) is 0 Å². The molecule has 53 heavy (non-hydrogen) atoms. The Morgan fingerprint density at radius 1 is 1.00 bits per heavy atom. The molecule has 0 aliphatic carbocycles. The molecule has 0 spiro atoms. The van der Waals surface area contributed by atoms with Crippen molar-refractivity contribution in [1.29, 1.82) is 0 Å². The number of piperidine rings is 1. The molecule has 2 amide bonds. The minimum absolute atomic E-state index is 0.0895. The van der Waals surface area contributed by atoms with Crippen LogP contribution in [0.4, 0.5) is 16.2 Å². The smallest absolute Gasteiger partial charge is 0.429 e. The van der Waals surface area contributed by atoms with E-state index < -0.39 is 18.1 Å². The zero-order chi connectivity index (χ0) is 37.3. The Morgan fingerprint density at radius 3 is 2.53 bits per heavy atom. The molecule has 1 aliphatic rings. The number of hydrazine groups is 1. The number of H-pyrrole nitrogens is 1. The van der Waals surface area contributed by atoms with Gasteiger partial charge in [-0.05, 0) is 54.7 Å². The van der Waals surface area contributed by atoms with Crippen LogP contribution in [0.2, 0.25) is 5.02 Å². The van der Waals surface area contributed by atoms with Crippen LogP contribution in [0.1, 0.15) is 36.5 Å². The van der Waals surface area contributed by atoms with Gasteiger partial charge >= 0.3 is 6.09 Å². The lowest BCUT2D eigenvalue weighted by Crippen LogP contribution is -2.49. The number of anilines is 2. The van der Waals surface area contributed by atoms with Crippen molar-refractivity contribution in [3.05, 3.63) is 124 Å². The minimum Gasteiger partial charge on any atom is -0.506 e. The van der Waals surface area contributed by atoms with Gasteiger partial charge in [-0.25, -0.2) is 14.8 Å². The number of pyridine rings is 1. The van der Waals surface area contributed by atoms with Crippen LogP contribution in [0, 0.1) is 6.42 Å². The Balaban J connectivity index is 1.06. The van der Waals surface area contributed by atoms with Crippen LogP contribution in [-0.4, -0.2) is 65.6 Å². The Morgan fingerprint density at radius 2 is 1.75 bits per heavy atom. The van der Waals surface area contributed by atoms with Gasteiger partial charge in [-0.3, -0.25) is 9.59 Å². The number of rotatable bonds is 13. The third kappa shape index (κ3) is 8.98. The number of aromatic hydroxyl groups is 1. The largest absolute Gasteiger partial charge is 0.506 e. The van der Waals surface area contributed by atoms with Crippen molar-refractivity contribution < 1.29 is 29.3 Å². The average molecular weight is 739 g/mol. The second-order valence-corrected chi connectivity index (χ2v) is 12.9. The van der Waals surface area contributed by atoms with Crippen LogP contribution in [0.25, 0.3) is 22.0 Å². The van der Waals surface area contributed by atoms with E-state index in [4.69, 9.17) is 21.1 Å². The molecule has 1 aromatic heterocycles. The van der Waals surface area contributed by atoms with E-state index in [9.17, 15) is 24.6 Å². The number of aliphatic hydroxyl groups is 1. The van der Waals surface area contributed by atoms with Gasteiger partial charge in [-0.1, -0.05) is 66.2 Å². The number of nitrogens with zero attached hydrogens (tertiary/aromatic N) is 2. The van der Waals surface area contributed by atoms with Gasteiger partial charge in [0.1, 0.15) is 18.1 Å². The lowest BCUT2D eigenvalue weighted by atomic mass is 10.0. The molecule has 5 N–H and O–H groups in total. The first kappa shape index (κ1) is 37.4. The zero-order valence-corrected chi connectivity index (χ0v) is 29.9. The number of ether oxygens (including phenoxy) is 2. The third-order valence-corrected chi connectivity index (χ3v) is 9.29. The van der Waals surface area contributed by atoms with E-state index in [1.54, 1.807) is 29.3 Å². The van der Waals surface area contributed by atoms with Crippen molar-refractivity contribution in [2.45, 2.75) is 31.9 Å². The van der Waals surface area contributed by atoms with Crippen LogP contribution < -0.4 is 25.9 Å². The van der Waals surface area contributed by atoms with Crippen LogP contribution in [-0.2, 0) is 16.1 Å². The maximum absolute atomic E-state index is 13.7. The molecule has 6 rings (SSSR count). The van der Waals surface area contributed by atoms with Gasteiger partial charge in [0.2, 0.25) is 11.5 Å². The number of hydrogen-bond acceptors (Lipinski definition) is 9. The fraction of sp³-hybridized carbons (Fsp3) is 0.250. The maximum Gasteiger partial charge on any atom is 0.429 e. The second-order valence-electron chi connectivity index (χ2n) is 12.5. The molecule has 1 saturated heterocycles. The number of phenols is 1. The lowest BCUT2D eigenvalue weighted by molar-refractivity contribution is -0.116. The number of carbonyl (C=O) groups excluding carboxylic acids is 2. The minimum atomic E-state index is -0.956. The van der Waals surface area contributed by atoms with Crippen molar-refractivity contribution in [2.75, 3.05) is 43.7 Å². The van der Waals surface area contributed by atoms with Gasteiger partial charge in [-0.2, -0.15) is 0 Å². The highest BCUT2D eigenvalue weighted by molar-refractivity contribution is 6.33. The fourth-order valence-corrected chi connectivity index (χ4v) is 6.58. The molecule has 0 bridgehead atoms. The van der Waals surface area contributed by atoms with E-state index in [0.717, 1.165) is 24.0 Å². The molecular formula is C40H41ClN5O7. The van der Waals surface area contributed by atoms with Crippen LogP contribution >= 0.6 is 11.6 Å². The highest BCUT2D eigenvalue weighted by atomic mass is 35.5. The van der Waals surface area contributed by atoms with Crippen LogP contribution in [0.15, 0.2) is 95.8 Å². The first-order valence-corrected chi connectivity index (χ1v) is 17.7. The SMILES string of the molecule is COc1cc(NC(=O)CCOC(=O)N(c2ccccc2-c2ccccc2)N2CC[CH]CC2)c(Cl)cc1CNC[C@@H](O)c1ccc(O)c2[nH]c(=O)ccc12. The predicted molar refractivity (Wildman–Crippen MR) is 205 cm³/mol. The molecule has 5 aromatic rings. The Kier molecular flexibility index (Phi) is 12.3. The summed E-state index contributed by atoms with van der Waals surface area (Å²) in [6.07, 6.45) is 2.24. The van der Waals surface area contributed by atoms with E-state index in [2.05, 4.69) is 22.0 Å². The summed E-state index contributed by atoms with van der Waals surface area (Å²) in [6.45, 7) is 1.58. The van der Waals surface area contributed by atoms with E-state index in [1.807, 2.05) is 59.6 Å². The van der Waals surface area contributed by atoms with E-state index in [-0.39, 0.29) is 48.0 Å². The van der Waals surface area contributed by atoms with Gasteiger partial charge in [0.25, 0.3) is 0 Å². The Bertz CT molecular complexity index is 2120. The zero-order valence-electron chi connectivity index (χ0n) is 29.2. The predicted octanol–water partition coefficient (Wildman–Crippen LogP) is 6.57. The Labute approximate surface area is 311 Å². The van der Waals surface area contributed by atoms with Crippen molar-refractivity contribution in [2.24, 2.45) is 0 Å². The second kappa shape index (κ2) is 17.4. The lowest BCUT2D eigenvalue weighted by Gasteiger charge is -2.37. The average Bonchev–Trinajstić information content (AvgIpc) is 3.17. The first-order chi connectivity index (χ1) is 25.7. The highest BCUT2D eigenvalue weighted by Gasteiger charge is 2.28. The summed E-state index contributed by atoms with van der Waals surface area (Å²) in [4.78, 5) is 41.0. The number of para-hydroxylation sites is 1. The molecule has 0 saturated carbocycles. The molecule has 13 heteroatoms. The van der Waals surface area contributed by atoms with Gasteiger partial charge in [-0.15, -0.1) is 0 Å². The molecule has 0 unspecified atom stereocenters. The summed E-state index contributed by atoms with van der Waals surface area (Å²) in [7, 11) is 1.50. The molecule has 275 valence electrons. The van der Waals surface area contributed by atoms with Crippen molar-refractivity contribution >= 4 is 45.9 Å². The highest BCUT2D eigenvalue weighted by Crippen LogP contribution is 2.34. The Hall–Kier alpha value is -5.40. The number of amides is 2. The first-order valence-electron chi connectivity index (χ1n) is 17.3.